The van der Waals surface area contributed by atoms with Crippen molar-refractivity contribution < 1.29 is 9.53 Å². The number of ether oxygens (including phenoxy) is 1. The Kier molecular flexibility index (Phi) is 3.91. The van der Waals surface area contributed by atoms with Crippen LogP contribution < -0.4 is 0 Å². The highest BCUT2D eigenvalue weighted by Crippen LogP contribution is 2.37. The minimum Gasteiger partial charge on any atom is -0.375 e. The topological polar surface area (TPSA) is 31.2 Å². The highest BCUT2D eigenvalue weighted by Gasteiger charge is 2.28. The molecule has 1 unspecified atom stereocenters. The van der Waals surface area contributed by atoms with Crippen LogP contribution in [-0.2, 0) is 18.4 Å². The number of fused-ring (bicyclic) bond motifs is 3. The fourth-order valence-electron chi connectivity index (χ4n) is 3.63. The average Bonchev–Trinajstić information content (AvgIpc) is 2.90. The summed E-state index contributed by atoms with van der Waals surface area (Å²) in [5, 5.41) is 1.87. The molecule has 4 rings (SSSR count). The van der Waals surface area contributed by atoms with Crippen LogP contribution in [0.25, 0.3) is 10.9 Å². The van der Waals surface area contributed by atoms with Crippen molar-refractivity contribution in [1.82, 2.24) is 4.57 Å². The van der Waals surface area contributed by atoms with E-state index in [2.05, 4.69) is 29.8 Å². The van der Waals surface area contributed by atoms with Gasteiger partial charge in [-0.2, -0.15) is 0 Å². The van der Waals surface area contributed by atoms with E-state index >= 15 is 0 Å². The fraction of sp³-hybridized carbons (Fsp3) is 0.250. The molecule has 24 heavy (non-hydrogen) atoms. The molecule has 0 fully saturated rings. The summed E-state index contributed by atoms with van der Waals surface area (Å²) in [5.41, 5.74) is 4.33. The molecule has 0 saturated heterocycles. The van der Waals surface area contributed by atoms with Crippen LogP contribution in [0.4, 0.5) is 0 Å². The van der Waals surface area contributed by atoms with Gasteiger partial charge in [0, 0.05) is 46.6 Å². The Bertz CT molecular complexity index is 911. The Morgan fingerprint density at radius 2 is 1.96 bits per heavy atom. The number of carbonyl (C=O) groups excluding carboxylic acids is 1. The third kappa shape index (κ3) is 2.54. The monoisotopic (exact) mass is 339 g/mol. The number of nitrogens with zero attached hydrogens (tertiary/aromatic N) is 1. The molecule has 0 bridgehead atoms. The number of ketones is 1. The maximum absolute atomic E-state index is 12.7. The molecule has 1 aliphatic heterocycles. The van der Waals surface area contributed by atoms with Gasteiger partial charge in [0.2, 0.25) is 0 Å². The third-order valence-electron chi connectivity index (χ3n) is 4.84. The predicted octanol–water partition coefficient (Wildman–Crippen LogP) is 4.72. The van der Waals surface area contributed by atoms with E-state index in [1.165, 1.54) is 22.2 Å². The Morgan fingerprint density at radius 3 is 2.75 bits per heavy atom. The van der Waals surface area contributed by atoms with Gasteiger partial charge in [0.25, 0.3) is 0 Å². The van der Waals surface area contributed by atoms with Gasteiger partial charge < -0.3 is 9.30 Å². The van der Waals surface area contributed by atoms with E-state index in [1.807, 2.05) is 6.07 Å². The van der Waals surface area contributed by atoms with Gasteiger partial charge in [0.05, 0.1) is 13.2 Å². The lowest BCUT2D eigenvalue weighted by Crippen LogP contribution is -2.20. The molecule has 3 nitrogen and oxygen atoms in total. The highest BCUT2D eigenvalue weighted by atomic mass is 35.5. The van der Waals surface area contributed by atoms with E-state index in [9.17, 15) is 4.79 Å². The third-order valence-corrected chi connectivity index (χ3v) is 5.09. The van der Waals surface area contributed by atoms with Crippen LogP contribution in [0.3, 0.4) is 0 Å². The molecule has 1 atom stereocenters. The van der Waals surface area contributed by atoms with Crippen molar-refractivity contribution in [3.63, 3.8) is 0 Å². The van der Waals surface area contributed by atoms with Gasteiger partial charge >= 0.3 is 0 Å². The van der Waals surface area contributed by atoms with Crippen molar-refractivity contribution in [2.75, 3.05) is 6.61 Å². The Labute approximate surface area is 145 Å². The molecule has 1 aliphatic rings. The standard InChI is InChI=1S/C20H18ClNO2/c1-22-17-5-3-2-4-16(17)20-14(11-24-12-18(20)22)10-19(23)13-6-8-15(21)9-7-13/h2-9,14H,10-12H2,1H3. The maximum Gasteiger partial charge on any atom is 0.163 e. The van der Waals surface area contributed by atoms with E-state index in [4.69, 9.17) is 16.3 Å². The van der Waals surface area contributed by atoms with Crippen LogP contribution >= 0.6 is 11.6 Å². The lowest BCUT2D eigenvalue weighted by molar-refractivity contribution is 0.0764. The number of hydrogen-bond donors (Lipinski definition) is 0. The van der Waals surface area contributed by atoms with E-state index < -0.39 is 0 Å². The first-order valence-electron chi connectivity index (χ1n) is 8.08. The van der Waals surface area contributed by atoms with E-state index in [1.54, 1.807) is 24.3 Å². The zero-order valence-corrected chi connectivity index (χ0v) is 14.2. The molecular formula is C20H18ClNO2. The number of Topliss-reactive ketones (excluding diaryl/α,β-unsaturated/α-hetero) is 1. The van der Waals surface area contributed by atoms with Crippen LogP contribution in [0.5, 0.6) is 0 Å². The van der Waals surface area contributed by atoms with Gasteiger partial charge in [-0.05, 0) is 35.9 Å². The first-order chi connectivity index (χ1) is 11.6. The molecule has 0 spiro atoms. The number of hydrogen-bond acceptors (Lipinski definition) is 2. The summed E-state index contributed by atoms with van der Waals surface area (Å²) in [4.78, 5) is 12.7. The highest BCUT2D eigenvalue weighted by molar-refractivity contribution is 6.30. The van der Waals surface area contributed by atoms with E-state index in [0.717, 1.165) is 0 Å². The van der Waals surface area contributed by atoms with Crippen LogP contribution in [-0.4, -0.2) is 17.0 Å². The smallest absolute Gasteiger partial charge is 0.163 e. The zero-order chi connectivity index (χ0) is 16.7. The van der Waals surface area contributed by atoms with Crippen molar-refractivity contribution in [2.45, 2.75) is 18.9 Å². The Balaban J connectivity index is 1.70. The zero-order valence-electron chi connectivity index (χ0n) is 13.5. The van der Waals surface area contributed by atoms with Gasteiger partial charge in [-0.1, -0.05) is 29.8 Å². The average molecular weight is 340 g/mol. The SMILES string of the molecule is Cn1c2c(c3ccccc31)C(CC(=O)c1ccc(Cl)cc1)COC2. The molecule has 0 amide bonds. The molecular weight excluding hydrogens is 322 g/mol. The Hall–Kier alpha value is -2.10. The molecule has 122 valence electrons. The Morgan fingerprint density at radius 1 is 1.21 bits per heavy atom. The quantitative estimate of drug-likeness (QED) is 0.647. The molecule has 1 aromatic heterocycles. The van der Waals surface area contributed by atoms with Crippen LogP contribution in [0, 0.1) is 0 Å². The molecule has 0 radical (unpaired) electrons. The number of benzene rings is 2. The van der Waals surface area contributed by atoms with Crippen LogP contribution in [0.2, 0.25) is 5.02 Å². The number of para-hydroxylation sites is 1. The maximum atomic E-state index is 12.7. The van der Waals surface area contributed by atoms with Gasteiger partial charge in [-0.15, -0.1) is 0 Å². The van der Waals surface area contributed by atoms with Crippen molar-refractivity contribution in [1.29, 1.82) is 0 Å². The predicted molar refractivity (Wildman–Crippen MR) is 95.7 cm³/mol. The summed E-state index contributed by atoms with van der Waals surface area (Å²) in [5.74, 6) is 0.212. The molecule has 4 heteroatoms. The summed E-state index contributed by atoms with van der Waals surface area (Å²) in [6.07, 6.45) is 0.447. The van der Waals surface area contributed by atoms with Crippen molar-refractivity contribution in [3.8, 4) is 0 Å². The molecule has 2 aromatic carbocycles. The summed E-state index contributed by atoms with van der Waals surface area (Å²) < 4.78 is 7.96. The van der Waals surface area contributed by atoms with E-state index in [-0.39, 0.29) is 11.7 Å². The summed E-state index contributed by atoms with van der Waals surface area (Å²) in [7, 11) is 2.06. The van der Waals surface area contributed by atoms with Gasteiger partial charge in [0.1, 0.15) is 0 Å². The minimum absolute atomic E-state index is 0.0861. The largest absolute Gasteiger partial charge is 0.375 e. The van der Waals surface area contributed by atoms with Gasteiger partial charge in [0.15, 0.2) is 5.78 Å². The molecule has 0 saturated carbocycles. The molecule has 2 heterocycles. The first kappa shape index (κ1) is 15.4. The first-order valence-corrected chi connectivity index (χ1v) is 8.45. The number of halogens is 1. The second kappa shape index (κ2) is 6.08. The van der Waals surface area contributed by atoms with Gasteiger partial charge in [-0.25, -0.2) is 0 Å². The number of rotatable bonds is 3. The molecule has 0 N–H and O–H groups in total. The summed E-state index contributed by atoms with van der Waals surface area (Å²) >= 11 is 5.91. The lowest BCUT2D eigenvalue weighted by atomic mass is 9.89. The second-order valence-electron chi connectivity index (χ2n) is 6.28. The summed E-state index contributed by atoms with van der Waals surface area (Å²) in [6, 6.07) is 15.4. The number of carbonyl (C=O) groups is 1. The van der Waals surface area contributed by atoms with Crippen molar-refractivity contribution >= 4 is 28.3 Å². The fourth-order valence-corrected chi connectivity index (χ4v) is 3.75. The van der Waals surface area contributed by atoms with Crippen molar-refractivity contribution in [3.05, 3.63) is 70.4 Å². The van der Waals surface area contributed by atoms with Gasteiger partial charge in [-0.3, -0.25) is 4.79 Å². The van der Waals surface area contributed by atoms with Crippen LogP contribution in [0.15, 0.2) is 48.5 Å². The molecule has 3 aromatic rings. The van der Waals surface area contributed by atoms with Crippen LogP contribution in [0.1, 0.15) is 34.0 Å². The minimum atomic E-state index is 0.0861. The molecule has 0 aliphatic carbocycles. The summed E-state index contributed by atoms with van der Waals surface area (Å²) in [6.45, 7) is 1.19. The number of aromatic nitrogens is 1. The normalized spacial score (nSPS) is 17.0. The van der Waals surface area contributed by atoms with E-state index in [0.29, 0.717) is 30.2 Å². The second-order valence-corrected chi connectivity index (χ2v) is 6.72. The number of aryl methyl sites for hydroxylation is 1. The van der Waals surface area contributed by atoms with Crippen molar-refractivity contribution in [2.24, 2.45) is 7.05 Å². The lowest BCUT2D eigenvalue weighted by Gasteiger charge is -2.24.